The Morgan fingerprint density at radius 1 is 1.21 bits per heavy atom. The van der Waals surface area contributed by atoms with Crippen molar-refractivity contribution in [3.63, 3.8) is 0 Å². The van der Waals surface area contributed by atoms with E-state index in [1.54, 1.807) is 18.2 Å². The van der Waals surface area contributed by atoms with Crippen molar-refractivity contribution in [1.82, 2.24) is 0 Å². The lowest BCUT2D eigenvalue weighted by Gasteiger charge is -2.25. The molecule has 0 bridgehead atoms. The van der Waals surface area contributed by atoms with Crippen LogP contribution in [-0.2, 0) is 15.8 Å². The van der Waals surface area contributed by atoms with Crippen LogP contribution < -0.4 is 10.2 Å². The quantitative estimate of drug-likeness (QED) is 0.658. The highest BCUT2D eigenvalue weighted by Gasteiger charge is 2.35. The Bertz CT molecular complexity index is 884. The number of carbonyl (C=O) groups excluding carboxylic acids is 2. The predicted octanol–water partition coefficient (Wildman–Crippen LogP) is 5.61. The summed E-state index contributed by atoms with van der Waals surface area (Å²) in [4.78, 5) is 25.9. The standard InChI is InChI=1S/C21H21F3N2O2S/c1-2-3-7-18(27)25-16-6-4-5-14(12-16)20-26(19(28)13-29-20)17-10-8-15(9-11-17)21(22,23)24/h4-6,8-12,20H,2-3,7,13H2,1H3,(H,25,27). The fourth-order valence-electron chi connectivity index (χ4n) is 3.09. The summed E-state index contributed by atoms with van der Waals surface area (Å²) in [7, 11) is 0. The number of hydrogen-bond donors (Lipinski definition) is 1. The zero-order chi connectivity index (χ0) is 21.0. The van der Waals surface area contributed by atoms with Crippen molar-refractivity contribution < 1.29 is 22.8 Å². The Morgan fingerprint density at radius 3 is 2.59 bits per heavy atom. The second kappa shape index (κ2) is 8.90. The van der Waals surface area contributed by atoms with Gasteiger partial charge in [0.15, 0.2) is 0 Å². The van der Waals surface area contributed by atoms with E-state index in [-0.39, 0.29) is 22.9 Å². The van der Waals surface area contributed by atoms with Gasteiger partial charge in [0.25, 0.3) is 0 Å². The van der Waals surface area contributed by atoms with Crippen molar-refractivity contribution in [2.24, 2.45) is 0 Å². The molecule has 154 valence electrons. The first kappa shape index (κ1) is 21.2. The highest BCUT2D eigenvalue weighted by molar-refractivity contribution is 8.00. The normalized spacial score (nSPS) is 16.9. The van der Waals surface area contributed by atoms with E-state index in [1.807, 2.05) is 13.0 Å². The number of thioether (sulfide) groups is 1. The number of amides is 2. The Balaban J connectivity index is 1.82. The highest BCUT2D eigenvalue weighted by Crippen LogP contribution is 2.43. The van der Waals surface area contributed by atoms with Crippen molar-refractivity contribution in [2.75, 3.05) is 16.0 Å². The molecule has 1 heterocycles. The number of rotatable bonds is 6. The molecule has 1 aliphatic heterocycles. The number of alkyl halides is 3. The van der Waals surface area contributed by atoms with E-state index >= 15 is 0 Å². The highest BCUT2D eigenvalue weighted by atomic mass is 32.2. The molecule has 1 fully saturated rings. The van der Waals surface area contributed by atoms with Gasteiger partial charge in [-0.1, -0.05) is 25.5 Å². The van der Waals surface area contributed by atoms with Gasteiger partial charge in [-0.05, 0) is 48.4 Å². The topological polar surface area (TPSA) is 49.4 Å². The van der Waals surface area contributed by atoms with E-state index in [2.05, 4.69) is 5.32 Å². The van der Waals surface area contributed by atoms with Gasteiger partial charge in [0.2, 0.25) is 11.8 Å². The number of nitrogens with zero attached hydrogens (tertiary/aromatic N) is 1. The lowest BCUT2D eigenvalue weighted by molar-refractivity contribution is -0.137. The molecule has 0 spiro atoms. The summed E-state index contributed by atoms with van der Waals surface area (Å²) < 4.78 is 38.5. The largest absolute Gasteiger partial charge is 0.416 e. The van der Waals surface area contributed by atoms with Gasteiger partial charge in [-0.2, -0.15) is 13.2 Å². The van der Waals surface area contributed by atoms with E-state index < -0.39 is 11.7 Å². The third kappa shape index (κ3) is 5.12. The van der Waals surface area contributed by atoms with Crippen LogP contribution in [0.4, 0.5) is 24.5 Å². The van der Waals surface area contributed by atoms with Crippen molar-refractivity contribution in [3.05, 3.63) is 59.7 Å². The van der Waals surface area contributed by atoms with E-state index in [1.165, 1.54) is 28.8 Å². The number of hydrogen-bond acceptors (Lipinski definition) is 3. The minimum absolute atomic E-state index is 0.0706. The molecule has 29 heavy (non-hydrogen) atoms. The van der Waals surface area contributed by atoms with Crippen LogP contribution in [0.25, 0.3) is 0 Å². The van der Waals surface area contributed by atoms with Gasteiger partial charge in [0, 0.05) is 17.8 Å². The zero-order valence-electron chi connectivity index (χ0n) is 15.8. The van der Waals surface area contributed by atoms with Gasteiger partial charge in [-0.15, -0.1) is 11.8 Å². The molecule has 1 aliphatic rings. The van der Waals surface area contributed by atoms with Crippen molar-refractivity contribution in [1.29, 1.82) is 0 Å². The smallest absolute Gasteiger partial charge is 0.326 e. The molecule has 4 nitrogen and oxygen atoms in total. The van der Waals surface area contributed by atoms with Crippen LogP contribution in [0.15, 0.2) is 48.5 Å². The first-order valence-electron chi connectivity index (χ1n) is 9.30. The maximum absolute atomic E-state index is 12.8. The van der Waals surface area contributed by atoms with Crippen LogP contribution in [0.2, 0.25) is 0 Å². The first-order chi connectivity index (χ1) is 13.8. The van der Waals surface area contributed by atoms with Crippen LogP contribution in [0.3, 0.4) is 0 Å². The van der Waals surface area contributed by atoms with Gasteiger partial charge in [-0.25, -0.2) is 0 Å². The fourth-order valence-corrected chi connectivity index (χ4v) is 4.26. The third-order valence-corrected chi connectivity index (χ3v) is 5.77. The summed E-state index contributed by atoms with van der Waals surface area (Å²) in [6, 6.07) is 11.8. The van der Waals surface area contributed by atoms with Gasteiger partial charge in [0.1, 0.15) is 5.37 Å². The van der Waals surface area contributed by atoms with Gasteiger partial charge >= 0.3 is 6.18 Å². The zero-order valence-corrected chi connectivity index (χ0v) is 16.6. The van der Waals surface area contributed by atoms with Crippen LogP contribution >= 0.6 is 11.8 Å². The van der Waals surface area contributed by atoms with E-state index in [4.69, 9.17) is 0 Å². The summed E-state index contributed by atoms with van der Waals surface area (Å²) in [6.45, 7) is 2.01. The summed E-state index contributed by atoms with van der Waals surface area (Å²) in [5.41, 5.74) is 1.09. The molecule has 0 aromatic heterocycles. The minimum Gasteiger partial charge on any atom is -0.326 e. The second-order valence-electron chi connectivity index (χ2n) is 6.75. The monoisotopic (exact) mass is 422 g/mol. The molecule has 1 atom stereocenters. The molecule has 2 amide bonds. The number of nitrogens with one attached hydrogen (secondary N) is 1. The summed E-state index contributed by atoms with van der Waals surface area (Å²) in [5.74, 6) is -0.00502. The predicted molar refractivity (Wildman–Crippen MR) is 109 cm³/mol. The molecule has 3 rings (SSSR count). The van der Waals surface area contributed by atoms with E-state index in [0.717, 1.165) is 30.5 Å². The molecule has 0 aliphatic carbocycles. The molecule has 0 saturated carbocycles. The molecule has 2 aromatic carbocycles. The molecular formula is C21H21F3N2O2S. The number of benzene rings is 2. The molecular weight excluding hydrogens is 401 g/mol. The average molecular weight is 422 g/mol. The molecule has 1 unspecified atom stereocenters. The summed E-state index contributed by atoms with van der Waals surface area (Å²) in [6.07, 6.45) is -2.25. The fraction of sp³-hybridized carbons (Fsp3) is 0.333. The number of halogens is 3. The van der Waals surface area contributed by atoms with Gasteiger partial charge in [0.05, 0.1) is 11.3 Å². The van der Waals surface area contributed by atoms with Gasteiger partial charge < -0.3 is 5.32 Å². The van der Waals surface area contributed by atoms with Crippen molar-refractivity contribution >= 4 is 35.0 Å². The van der Waals surface area contributed by atoms with Crippen LogP contribution in [-0.4, -0.2) is 17.6 Å². The summed E-state index contributed by atoms with van der Waals surface area (Å²) >= 11 is 1.40. The number of anilines is 2. The average Bonchev–Trinajstić information content (AvgIpc) is 3.07. The first-order valence-corrected chi connectivity index (χ1v) is 10.3. The maximum Gasteiger partial charge on any atom is 0.416 e. The van der Waals surface area contributed by atoms with Crippen molar-refractivity contribution in [3.8, 4) is 0 Å². The minimum atomic E-state index is -4.42. The SMILES string of the molecule is CCCCC(=O)Nc1cccc(C2SCC(=O)N2c2ccc(C(F)(F)F)cc2)c1. The lowest BCUT2D eigenvalue weighted by Crippen LogP contribution is -2.28. The second-order valence-corrected chi connectivity index (χ2v) is 7.82. The van der Waals surface area contributed by atoms with E-state index in [0.29, 0.717) is 17.8 Å². The maximum atomic E-state index is 12.8. The van der Waals surface area contributed by atoms with Crippen LogP contribution in [0, 0.1) is 0 Å². The van der Waals surface area contributed by atoms with Gasteiger partial charge in [-0.3, -0.25) is 14.5 Å². The molecule has 2 aromatic rings. The van der Waals surface area contributed by atoms with Crippen molar-refractivity contribution in [2.45, 2.75) is 37.7 Å². The summed E-state index contributed by atoms with van der Waals surface area (Å²) in [5, 5.41) is 2.49. The van der Waals surface area contributed by atoms with Crippen LogP contribution in [0.5, 0.6) is 0 Å². The molecule has 8 heteroatoms. The third-order valence-electron chi connectivity index (χ3n) is 4.55. The molecule has 1 N–H and O–H groups in total. The van der Waals surface area contributed by atoms with E-state index in [9.17, 15) is 22.8 Å². The number of unbranched alkanes of at least 4 members (excludes halogenated alkanes) is 1. The van der Waals surface area contributed by atoms with Crippen LogP contribution in [0.1, 0.15) is 42.7 Å². The molecule has 0 radical (unpaired) electrons. The Hall–Kier alpha value is -2.48. The Labute approximate surface area is 171 Å². The lowest BCUT2D eigenvalue weighted by atomic mass is 10.1. The Kier molecular flexibility index (Phi) is 6.52. The number of carbonyl (C=O) groups is 2. The Morgan fingerprint density at radius 2 is 1.93 bits per heavy atom. The molecule has 1 saturated heterocycles.